The number of hydrogen-bond donors (Lipinski definition) is 3. The molecule has 5 heteroatoms. The second kappa shape index (κ2) is 4.54. The van der Waals surface area contributed by atoms with Crippen LogP contribution in [-0.2, 0) is 11.2 Å². The van der Waals surface area contributed by atoms with Gasteiger partial charge in [-0.1, -0.05) is 0 Å². The van der Waals surface area contributed by atoms with Gasteiger partial charge in [-0.2, -0.15) is 5.10 Å². The van der Waals surface area contributed by atoms with E-state index < -0.39 is 5.97 Å². The van der Waals surface area contributed by atoms with Gasteiger partial charge in [-0.05, 0) is 31.6 Å². The average Bonchev–Trinajstić information content (AvgIpc) is 2.51. The molecule has 0 aliphatic rings. The van der Waals surface area contributed by atoms with E-state index in [-0.39, 0.29) is 6.42 Å². The Balaban J connectivity index is 2.81. The Morgan fingerprint density at radius 1 is 1.67 bits per heavy atom. The highest BCUT2D eigenvalue weighted by Gasteiger charge is 2.04. The number of allylic oxidation sites excluding steroid dienone is 1. The number of aromatic amines is 1. The minimum atomic E-state index is -0.894. The number of carbonyl (C=O) groups is 1. The maximum absolute atomic E-state index is 10.4. The van der Waals surface area contributed by atoms with Crippen LogP contribution in [0, 0.1) is 5.41 Å². The number of nitrogens with zero attached hydrogens (tertiary/aromatic N) is 1. The van der Waals surface area contributed by atoms with Crippen molar-refractivity contribution in [2.75, 3.05) is 0 Å². The van der Waals surface area contributed by atoms with E-state index in [9.17, 15) is 4.79 Å². The van der Waals surface area contributed by atoms with Gasteiger partial charge in [-0.3, -0.25) is 9.89 Å². The Morgan fingerprint density at radius 2 is 2.33 bits per heavy atom. The van der Waals surface area contributed by atoms with Gasteiger partial charge in [-0.25, -0.2) is 0 Å². The second-order valence-corrected chi connectivity index (χ2v) is 3.34. The highest BCUT2D eigenvalue weighted by Crippen LogP contribution is 2.07. The summed E-state index contributed by atoms with van der Waals surface area (Å²) in [5, 5.41) is 22.5. The monoisotopic (exact) mass is 207 g/mol. The van der Waals surface area contributed by atoms with Crippen LogP contribution in [0.5, 0.6) is 0 Å². The zero-order valence-corrected chi connectivity index (χ0v) is 8.66. The first-order valence-corrected chi connectivity index (χ1v) is 4.49. The number of carboxylic acids is 1. The number of H-pyrrole nitrogens is 1. The molecule has 1 rings (SSSR count). The van der Waals surface area contributed by atoms with Crippen molar-refractivity contribution in [2.24, 2.45) is 0 Å². The molecular weight excluding hydrogens is 194 g/mol. The van der Waals surface area contributed by atoms with Gasteiger partial charge in [0.15, 0.2) is 0 Å². The molecule has 0 aromatic carbocycles. The molecule has 1 heterocycles. The first-order chi connectivity index (χ1) is 6.99. The molecule has 1 aromatic rings. The Hall–Kier alpha value is -1.91. The van der Waals surface area contributed by atoms with Crippen LogP contribution in [0.15, 0.2) is 11.6 Å². The summed E-state index contributed by atoms with van der Waals surface area (Å²) in [7, 11) is 0. The lowest BCUT2D eigenvalue weighted by Crippen LogP contribution is -1.99. The summed E-state index contributed by atoms with van der Waals surface area (Å²) < 4.78 is 0. The van der Waals surface area contributed by atoms with E-state index in [0.717, 1.165) is 5.57 Å². The van der Waals surface area contributed by atoms with Crippen molar-refractivity contribution >= 4 is 17.8 Å². The minimum Gasteiger partial charge on any atom is -0.481 e. The van der Waals surface area contributed by atoms with E-state index in [1.165, 1.54) is 0 Å². The molecule has 0 spiro atoms. The summed E-state index contributed by atoms with van der Waals surface area (Å²) in [5.74, 6) is -0.894. The number of aliphatic carboxylic acids is 1. The van der Waals surface area contributed by atoms with Gasteiger partial charge in [0.2, 0.25) is 0 Å². The van der Waals surface area contributed by atoms with Crippen LogP contribution in [0.3, 0.4) is 0 Å². The third kappa shape index (κ3) is 3.38. The van der Waals surface area contributed by atoms with Crippen molar-refractivity contribution in [1.29, 1.82) is 5.41 Å². The molecule has 1 aromatic heterocycles. The summed E-state index contributed by atoms with van der Waals surface area (Å²) >= 11 is 0. The predicted molar refractivity (Wildman–Crippen MR) is 57.0 cm³/mol. The third-order valence-electron chi connectivity index (χ3n) is 1.95. The van der Waals surface area contributed by atoms with Crippen LogP contribution >= 0.6 is 0 Å². The maximum atomic E-state index is 10.4. The topological polar surface area (TPSA) is 89.8 Å². The standard InChI is InChI=1S/C10H13N3O2/c1-6(7(2)11)3-8-4-9(13-12-8)5-10(14)15/h3-4,11H,5H2,1-2H3,(H,12,13)(H,14,15)/b6-3-,11-7?. The lowest BCUT2D eigenvalue weighted by Gasteiger charge is -1.93. The highest BCUT2D eigenvalue weighted by atomic mass is 16.4. The summed E-state index contributed by atoms with van der Waals surface area (Å²) in [4.78, 5) is 10.4. The van der Waals surface area contributed by atoms with E-state index in [1.54, 1.807) is 19.1 Å². The van der Waals surface area contributed by atoms with Crippen LogP contribution in [0.25, 0.3) is 6.08 Å². The molecule has 5 nitrogen and oxygen atoms in total. The molecule has 80 valence electrons. The quantitative estimate of drug-likeness (QED) is 0.653. The molecule has 0 aliphatic carbocycles. The summed E-state index contributed by atoms with van der Waals surface area (Å²) in [5.41, 5.74) is 2.49. The average molecular weight is 207 g/mol. The number of hydrogen-bond acceptors (Lipinski definition) is 3. The van der Waals surface area contributed by atoms with Gasteiger partial charge in [0.1, 0.15) is 0 Å². The van der Waals surface area contributed by atoms with Crippen molar-refractivity contribution in [3.05, 3.63) is 23.0 Å². The van der Waals surface area contributed by atoms with Gasteiger partial charge in [0.25, 0.3) is 0 Å². The highest BCUT2D eigenvalue weighted by molar-refractivity contribution is 5.98. The second-order valence-electron chi connectivity index (χ2n) is 3.34. The molecule has 0 amide bonds. The molecule has 0 atom stereocenters. The van der Waals surface area contributed by atoms with Gasteiger partial charge in [0.05, 0.1) is 12.1 Å². The van der Waals surface area contributed by atoms with Crippen LogP contribution in [0.1, 0.15) is 25.2 Å². The minimum absolute atomic E-state index is 0.0660. The SMILES string of the molecule is CC(=N)/C(C)=C\c1cc(CC(=O)O)[nH]n1. The first kappa shape index (κ1) is 11.2. The lowest BCUT2D eigenvalue weighted by atomic mass is 10.1. The molecule has 3 N–H and O–H groups in total. The summed E-state index contributed by atoms with van der Waals surface area (Å²) in [6, 6.07) is 1.67. The number of carboxylic acid groups (broad SMARTS) is 1. The Morgan fingerprint density at radius 3 is 2.87 bits per heavy atom. The number of nitrogens with one attached hydrogen (secondary N) is 2. The fourth-order valence-electron chi connectivity index (χ4n) is 1.04. The molecule has 0 radical (unpaired) electrons. The molecule has 0 saturated carbocycles. The van der Waals surface area contributed by atoms with Crippen molar-refractivity contribution in [3.63, 3.8) is 0 Å². The largest absolute Gasteiger partial charge is 0.481 e. The smallest absolute Gasteiger partial charge is 0.309 e. The van der Waals surface area contributed by atoms with Crippen molar-refractivity contribution < 1.29 is 9.90 Å². The Bertz CT molecular complexity index is 418. The van der Waals surface area contributed by atoms with E-state index in [0.29, 0.717) is 17.1 Å². The van der Waals surface area contributed by atoms with E-state index in [2.05, 4.69) is 10.2 Å². The zero-order valence-electron chi connectivity index (χ0n) is 8.66. The summed E-state index contributed by atoms with van der Waals surface area (Å²) in [6.07, 6.45) is 1.67. The van der Waals surface area contributed by atoms with Crippen molar-refractivity contribution in [2.45, 2.75) is 20.3 Å². The normalized spacial score (nSPS) is 11.5. The van der Waals surface area contributed by atoms with Gasteiger partial charge in [-0.15, -0.1) is 0 Å². The molecule has 0 bridgehead atoms. The zero-order chi connectivity index (χ0) is 11.4. The molecule has 0 fully saturated rings. The third-order valence-corrected chi connectivity index (χ3v) is 1.95. The fraction of sp³-hybridized carbons (Fsp3) is 0.300. The molecule has 0 aliphatic heterocycles. The molecule has 0 unspecified atom stereocenters. The Kier molecular flexibility index (Phi) is 3.38. The van der Waals surface area contributed by atoms with E-state index in [1.807, 2.05) is 6.92 Å². The lowest BCUT2D eigenvalue weighted by molar-refractivity contribution is -0.136. The molecular formula is C10H13N3O2. The van der Waals surface area contributed by atoms with E-state index >= 15 is 0 Å². The maximum Gasteiger partial charge on any atom is 0.309 e. The predicted octanol–water partition coefficient (Wildman–Crippen LogP) is 1.48. The number of aromatic nitrogens is 2. The molecule has 15 heavy (non-hydrogen) atoms. The van der Waals surface area contributed by atoms with Crippen molar-refractivity contribution in [3.8, 4) is 0 Å². The van der Waals surface area contributed by atoms with Crippen molar-refractivity contribution in [1.82, 2.24) is 10.2 Å². The van der Waals surface area contributed by atoms with E-state index in [4.69, 9.17) is 10.5 Å². The van der Waals surface area contributed by atoms with Crippen LogP contribution in [0.2, 0.25) is 0 Å². The number of rotatable bonds is 4. The van der Waals surface area contributed by atoms with Gasteiger partial charge in [0, 0.05) is 11.4 Å². The fourth-order valence-corrected chi connectivity index (χ4v) is 1.04. The van der Waals surface area contributed by atoms with Crippen LogP contribution in [-0.4, -0.2) is 27.0 Å². The first-order valence-electron chi connectivity index (χ1n) is 4.49. The van der Waals surface area contributed by atoms with Gasteiger partial charge >= 0.3 is 5.97 Å². The van der Waals surface area contributed by atoms with Crippen LogP contribution < -0.4 is 0 Å². The van der Waals surface area contributed by atoms with Crippen LogP contribution in [0.4, 0.5) is 0 Å². The Labute approximate surface area is 87.3 Å². The summed E-state index contributed by atoms with van der Waals surface area (Å²) in [6.45, 7) is 3.50. The molecule has 0 saturated heterocycles. The van der Waals surface area contributed by atoms with Gasteiger partial charge < -0.3 is 10.5 Å².